The van der Waals surface area contributed by atoms with Crippen molar-refractivity contribution in [1.29, 1.82) is 0 Å². The second kappa shape index (κ2) is 16.1. The Kier molecular flexibility index (Phi) is 10.2. The molecule has 0 atom stereocenters. The summed E-state index contributed by atoms with van der Waals surface area (Å²) in [6.45, 7) is 0. The Bertz CT molecular complexity index is 3400. The van der Waals surface area contributed by atoms with Crippen molar-refractivity contribution in [3.63, 3.8) is 0 Å². The Labute approximate surface area is 371 Å². The van der Waals surface area contributed by atoms with Crippen LogP contribution in [0.15, 0.2) is 215 Å². The number of fused-ring (bicyclic) bond motifs is 8. The van der Waals surface area contributed by atoms with Crippen molar-refractivity contribution in [3.05, 3.63) is 219 Å². The van der Waals surface area contributed by atoms with Crippen molar-refractivity contribution in [2.24, 2.45) is 0 Å². The smallest absolute Gasteiger partial charge is 0.0562 e. The van der Waals surface area contributed by atoms with E-state index in [0.717, 1.165) is 8.95 Å². The maximum atomic E-state index is 3.65. The highest BCUT2D eigenvalue weighted by molar-refractivity contribution is 14.1. The quantitative estimate of drug-likeness (QED) is 0.171. The minimum atomic E-state index is 1.10. The van der Waals surface area contributed by atoms with Crippen LogP contribution in [-0.2, 0) is 0 Å². The van der Waals surface area contributed by atoms with Crippen molar-refractivity contribution in [2.45, 2.75) is 0 Å². The number of para-hydroxylation sites is 3. The highest BCUT2D eigenvalue weighted by Gasteiger charge is 2.16. The number of halogens is 3. The second-order valence-electron chi connectivity index (χ2n) is 14.4. The molecule has 0 aliphatic carbocycles. The summed E-state index contributed by atoms with van der Waals surface area (Å²) in [4.78, 5) is 3.53. The van der Waals surface area contributed by atoms with E-state index in [0.29, 0.717) is 0 Å². The molecule has 0 saturated heterocycles. The standard InChI is InChI=1S/C26H17BrN2.C20H13BrN2.C6H5I/c27-19-11-12-24-23(16-19)22-15-18-13-14-28(20-7-3-1-4-8-20)25(18)17-26(22)29(24)21-9-5-2-6-10-21;21-14-6-7-18-17(11-14)16-10-13-8-9-23(15-4-2-1-3-5-15)20(13)12-19(16)22-18;7-6-4-2-1-3-5-6/h1-17H;1-12,22H;1-5H. The van der Waals surface area contributed by atoms with Gasteiger partial charge in [0, 0.05) is 85.3 Å². The molecule has 7 heteroatoms. The number of hydrogen-bond donors (Lipinski definition) is 1. The molecule has 59 heavy (non-hydrogen) atoms. The summed E-state index contributed by atoms with van der Waals surface area (Å²) >= 11 is 9.50. The van der Waals surface area contributed by atoms with Gasteiger partial charge < -0.3 is 18.7 Å². The molecule has 4 nitrogen and oxygen atoms in total. The topological polar surface area (TPSA) is 30.6 Å². The van der Waals surface area contributed by atoms with Crippen LogP contribution >= 0.6 is 54.5 Å². The zero-order valence-corrected chi connectivity index (χ0v) is 36.9. The van der Waals surface area contributed by atoms with Crippen LogP contribution in [0.5, 0.6) is 0 Å². The monoisotopic (exact) mass is 1000 g/mol. The van der Waals surface area contributed by atoms with E-state index in [1.54, 1.807) is 0 Å². The van der Waals surface area contributed by atoms with Crippen molar-refractivity contribution in [1.82, 2.24) is 18.7 Å². The third kappa shape index (κ3) is 7.28. The summed E-state index contributed by atoms with van der Waals surface area (Å²) in [7, 11) is 0. The van der Waals surface area contributed by atoms with Crippen LogP contribution in [-0.4, -0.2) is 18.7 Å². The van der Waals surface area contributed by atoms with Crippen molar-refractivity contribution in [3.8, 4) is 17.1 Å². The van der Waals surface area contributed by atoms with E-state index in [4.69, 9.17) is 0 Å². The molecular formula is C52H35Br2IN4. The zero-order chi connectivity index (χ0) is 39.9. The molecule has 0 aliphatic rings. The Balaban J connectivity index is 0.000000125. The molecule has 4 aromatic heterocycles. The first kappa shape index (κ1) is 37.4. The molecule has 0 aliphatic heterocycles. The van der Waals surface area contributed by atoms with Gasteiger partial charge in [-0.2, -0.15) is 0 Å². The normalized spacial score (nSPS) is 11.3. The maximum Gasteiger partial charge on any atom is 0.0562 e. The molecule has 4 heterocycles. The Hall–Kier alpha value is -5.87. The molecule has 0 saturated carbocycles. The van der Waals surface area contributed by atoms with Crippen LogP contribution < -0.4 is 0 Å². The predicted molar refractivity (Wildman–Crippen MR) is 265 cm³/mol. The van der Waals surface area contributed by atoms with Gasteiger partial charge in [0.2, 0.25) is 0 Å². The summed E-state index contributed by atoms with van der Waals surface area (Å²) in [6, 6.07) is 68.2. The fraction of sp³-hybridized carbons (Fsp3) is 0. The van der Waals surface area contributed by atoms with Crippen LogP contribution in [0.4, 0.5) is 0 Å². The number of aromatic amines is 1. The molecule has 0 unspecified atom stereocenters. The van der Waals surface area contributed by atoms with Crippen molar-refractivity contribution in [2.75, 3.05) is 0 Å². The largest absolute Gasteiger partial charge is 0.354 e. The maximum absolute atomic E-state index is 3.65. The average Bonchev–Trinajstić information content (AvgIpc) is 4.05. The average molecular weight is 1000 g/mol. The highest BCUT2D eigenvalue weighted by Crippen LogP contribution is 2.37. The molecular weight excluding hydrogens is 967 g/mol. The Morgan fingerprint density at radius 3 is 1.42 bits per heavy atom. The lowest BCUT2D eigenvalue weighted by atomic mass is 10.1. The molecule has 284 valence electrons. The van der Waals surface area contributed by atoms with Crippen LogP contribution in [0, 0.1) is 3.57 Å². The minimum Gasteiger partial charge on any atom is -0.354 e. The molecule has 12 aromatic rings. The van der Waals surface area contributed by atoms with Gasteiger partial charge in [-0.05, 0) is 144 Å². The van der Waals surface area contributed by atoms with E-state index in [1.807, 2.05) is 24.3 Å². The molecule has 0 fully saturated rings. The third-order valence-corrected chi connectivity index (χ3v) is 12.4. The fourth-order valence-corrected chi connectivity index (χ4v) is 9.16. The number of rotatable bonds is 3. The SMILES string of the molecule is Brc1ccc2[nH]c3cc4c(ccn4-c4ccccc4)cc3c2c1.Brc1ccc2c(c1)c1cc3ccn(-c4ccccc4)c3cc1n2-c1ccccc1.Ic1ccccc1. The third-order valence-electron chi connectivity index (χ3n) is 10.7. The summed E-state index contributed by atoms with van der Waals surface area (Å²) < 4.78 is 10.3. The molecule has 0 bridgehead atoms. The van der Waals surface area contributed by atoms with Gasteiger partial charge in [-0.15, -0.1) is 0 Å². The van der Waals surface area contributed by atoms with E-state index in [9.17, 15) is 0 Å². The molecule has 0 amide bonds. The molecule has 12 rings (SSSR count). The fourth-order valence-electron chi connectivity index (χ4n) is 8.02. The first-order chi connectivity index (χ1) is 29.0. The molecule has 0 radical (unpaired) electrons. The lowest BCUT2D eigenvalue weighted by molar-refractivity contribution is 1.12. The van der Waals surface area contributed by atoms with Gasteiger partial charge in [-0.25, -0.2) is 0 Å². The van der Waals surface area contributed by atoms with Crippen LogP contribution in [0.1, 0.15) is 0 Å². The molecule has 1 N–H and O–H groups in total. The van der Waals surface area contributed by atoms with Gasteiger partial charge in [0.15, 0.2) is 0 Å². The predicted octanol–water partition coefficient (Wildman–Crippen LogP) is 15.8. The van der Waals surface area contributed by atoms with E-state index in [1.165, 1.54) is 86.0 Å². The Morgan fingerprint density at radius 2 is 0.847 bits per heavy atom. The number of H-pyrrole nitrogens is 1. The highest BCUT2D eigenvalue weighted by atomic mass is 127. The minimum absolute atomic E-state index is 1.10. The van der Waals surface area contributed by atoms with Gasteiger partial charge in [-0.3, -0.25) is 0 Å². The van der Waals surface area contributed by atoms with E-state index in [2.05, 4.69) is 255 Å². The van der Waals surface area contributed by atoms with Crippen LogP contribution in [0.3, 0.4) is 0 Å². The summed E-state index contributed by atoms with van der Waals surface area (Å²) in [5.41, 5.74) is 10.7. The molecule has 0 spiro atoms. The summed E-state index contributed by atoms with van der Waals surface area (Å²) in [5, 5.41) is 7.54. The molecule has 8 aromatic carbocycles. The summed E-state index contributed by atoms with van der Waals surface area (Å²) in [5.74, 6) is 0. The van der Waals surface area contributed by atoms with Gasteiger partial charge in [0.25, 0.3) is 0 Å². The van der Waals surface area contributed by atoms with Crippen molar-refractivity contribution >= 4 is 120 Å². The van der Waals surface area contributed by atoms with Gasteiger partial charge >= 0.3 is 0 Å². The number of benzene rings is 8. The first-order valence-corrected chi connectivity index (χ1v) is 22.0. The first-order valence-electron chi connectivity index (χ1n) is 19.3. The number of hydrogen-bond acceptors (Lipinski definition) is 0. The van der Waals surface area contributed by atoms with Gasteiger partial charge in [0.1, 0.15) is 0 Å². The van der Waals surface area contributed by atoms with Gasteiger partial charge in [0.05, 0.1) is 22.1 Å². The zero-order valence-electron chi connectivity index (χ0n) is 31.6. The van der Waals surface area contributed by atoms with E-state index >= 15 is 0 Å². The van der Waals surface area contributed by atoms with E-state index in [-0.39, 0.29) is 0 Å². The lowest BCUT2D eigenvalue weighted by Crippen LogP contribution is -1.94. The van der Waals surface area contributed by atoms with Crippen LogP contribution in [0.2, 0.25) is 0 Å². The number of nitrogens with one attached hydrogen (secondary N) is 1. The van der Waals surface area contributed by atoms with Crippen LogP contribution in [0.25, 0.3) is 82.5 Å². The second-order valence-corrected chi connectivity index (χ2v) is 17.4. The lowest BCUT2D eigenvalue weighted by Gasteiger charge is -2.09. The number of aromatic nitrogens is 4. The van der Waals surface area contributed by atoms with Crippen molar-refractivity contribution < 1.29 is 0 Å². The number of nitrogens with zero attached hydrogens (tertiary/aromatic N) is 3. The van der Waals surface area contributed by atoms with E-state index < -0.39 is 0 Å². The Morgan fingerprint density at radius 1 is 0.373 bits per heavy atom. The summed E-state index contributed by atoms with van der Waals surface area (Å²) in [6.07, 6.45) is 4.29. The van der Waals surface area contributed by atoms with Gasteiger partial charge in [-0.1, -0.05) is 105 Å².